The molecule has 2 heterocycles. The van der Waals surface area contributed by atoms with Crippen LogP contribution in [0.4, 0.5) is 0 Å². The Kier molecular flexibility index (Phi) is 4.63. The van der Waals surface area contributed by atoms with E-state index < -0.39 is 0 Å². The number of hydrogen-bond acceptors (Lipinski definition) is 3. The molecule has 0 spiro atoms. The molecule has 0 amide bonds. The maximum atomic E-state index is 4.66. The Morgan fingerprint density at radius 1 is 1.37 bits per heavy atom. The smallest absolute Gasteiger partial charge is 0.0765 e. The molecule has 0 bridgehead atoms. The third-order valence-electron chi connectivity index (χ3n) is 4.09. The van der Waals surface area contributed by atoms with Crippen molar-refractivity contribution >= 4 is 0 Å². The van der Waals surface area contributed by atoms with Gasteiger partial charge < -0.3 is 5.32 Å². The van der Waals surface area contributed by atoms with E-state index >= 15 is 0 Å². The van der Waals surface area contributed by atoms with Gasteiger partial charge in [-0.25, -0.2) is 0 Å². The lowest BCUT2D eigenvalue weighted by atomic mass is 10.00. The van der Waals surface area contributed by atoms with Crippen molar-refractivity contribution in [2.75, 3.05) is 13.1 Å². The second-order valence-corrected chi connectivity index (χ2v) is 6.42. The van der Waals surface area contributed by atoms with Crippen LogP contribution in [0.1, 0.15) is 46.4 Å². The quantitative estimate of drug-likeness (QED) is 0.906. The first-order chi connectivity index (χ1) is 8.97. The summed E-state index contributed by atoms with van der Waals surface area (Å²) in [6.07, 6.45) is 2.09. The molecule has 1 aliphatic heterocycles. The molecule has 0 aliphatic carbocycles. The summed E-state index contributed by atoms with van der Waals surface area (Å²) in [6, 6.07) is 3.78. The van der Waals surface area contributed by atoms with Crippen molar-refractivity contribution in [1.82, 2.24) is 20.0 Å². The van der Waals surface area contributed by atoms with Gasteiger partial charge in [0.25, 0.3) is 0 Å². The molecule has 2 unspecified atom stereocenters. The molecular weight excluding hydrogens is 236 g/mol. The van der Waals surface area contributed by atoms with Crippen molar-refractivity contribution in [3.63, 3.8) is 0 Å². The third kappa shape index (κ3) is 3.57. The van der Waals surface area contributed by atoms with Crippen LogP contribution in [0.5, 0.6) is 0 Å². The minimum Gasteiger partial charge on any atom is -0.311 e. The van der Waals surface area contributed by atoms with Gasteiger partial charge in [0.15, 0.2) is 0 Å². The fraction of sp³-hybridized carbons (Fsp3) is 0.800. The fourth-order valence-electron chi connectivity index (χ4n) is 2.57. The second kappa shape index (κ2) is 6.06. The first-order valence-corrected chi connectivity index (χ1v) is 7.49. The van der Waals surface area contributed by atoms with Crippen LogP contribution in [0.2, 0.25) is 0 Å². The SMILES string of the molecule is CC(C)C1CN(Cc2ccn(C(C)C)n2)C(C)CN1. The molecule has 1 aromatic heterocycles. The minimum atomic E-state index is 0.442. The highest BCUT2D eigenvalue weighted by atomic mass is 15.3. The average molecular weight is 264 g/mol. The predicted molar refractivity (Wildman–Crippen MR) is 79.1 cm³/mol. The summed E-state index contributed by atoms with van der Waals surface area (Å²) in [6.45, 7) is 14.4. The Balaban J connectivity index is 1.99. The van der Waals surface area contributed by atoms with Crippen LogP contribution in [0.25, 0.3) is 0 Å². The molecule has 1 aromatic rings. The average Bonchev–Trinajstić information content (AvgIpc) is 2.80. The molecule has 0 aromatic carbocycles. The number of nitrogens with one attached hydrogen (secondary N) is 1. The second-order valence-electron chi connectivity index (χ2n) is 6.42. The Labute approximate surface area is 117 Å². The molecule has 1 saturated heterocycles. The fourth-order valence-corrected chi connectivity index (χ4v) is 2.57. The molecule has 1 fully saturated rings. The summed E-state index contributed by atoms with van der Waals surface area (Å²) in [4.78, 5) is 2.55. The van der Waals surface area contributed by atoms with E-state index in [1.807, 2.05) is 4.68 Å². The van der Waals surface area contributed by atoms with E-state index in [9.17, 15) is 0 Å². The van der Waals surface area contributed by atoms with Gasteiger partial charge in [0, 0.05) is 44.0 Å². The van der Waals surface area contributed by atoms with Gasteiger partial charge in [-0.15, -0.1) is 0 Å². The van der Waals surface area contributed by atoms with E-state index in [4.69, 9.17) is 0 Å². The third-order valence-corrected chi connectivity index (χ3v) is 4.09. The summed E-state index contributed by atoms with van der Waals surface area (Å²) in [5, 5.41) is 8.30. The van der Waals surface area contributed by atoms with E-state index in [1.165, 1.54) is 5.69 Å². The highest BCUT2D eigenvalue weighted by Gasteiger charge is 2.27. The van der Waals surface area contributed by atoms with E-state index in [0.29, 0.717) is 24.0 Å². The molecule has 4 heteroatoms. The molecule has 19 heavy (non-hydrogen) atoms. The molecule has 0 radical (unpaired) electrons. The molecule has 2 atom stereocenters. The first-order valence-electron chi connectivity index (χ1n) is 7.49. The standard InChI is InChI=1S/C15H28N4/c1-11(2)15-10-18(13(5)8-16-15)9-14-6-7-19(17-14)12(3)4/h6-7,11-13,15-16H,8-10H2,1-5H3. The summed E-state index contributed by atoms with van der Waals surface area (Å²) in [7, 11) is 0. The molecule has 2 rings (SSSR count). The minimum absolute atomic E-state index is 0.442. The highest BCUT2D eigenvalue weighted by molar-refractivity contribution is 5.01. The molecule has 1 aliphatic rings. The van der Waals surface area contributed by atoms with Crippen LogP contribution >= 0.6 is 0 Å². The van der Waals surface area contributed by atoms with Gasteiger partial charge >= 0.3 is 0 Å². The zero-order valence-corrected chi connectivity index (χ0v) is 12.9. The van der Waals surface area contributed by atoms with Gasteiger partial charge in [-0.2, -0.15) is 5.10 Å². The lowest BCUT2D eigenvalue weighted by Gasteiger charge is -2.40. The van der Waals surface area contributed by atoms with Gasteiger partial charge in [0.1, 0.15) is 0 Å². The van der Waals surface area contributed by atoms with Crippen LogP contribution in [0.3, 0.4) is 0 Å². The van der Waals surface area contributed by atoms with Gasteiger partial charge in [0.05, 0.1) is 5.69 Å². The van der Waals surface area contributed by atoms with Gasteiger partial charge in [0.2, 0.25) is 0 Å². The van der Waals surface area contributed by atoms with E-state index in [1.54, 1.807) is 0 Å². The molecular formula is C15H28N4. The van der Waals surface area contributed by atoms with E-state index in [-0.39, 0.29) is 0 Å². The zero-order valence-electron chi connectivity index (χ0n) is 12.9. The maximum Gasteiger partial charge on any atom is 0.0765 e. The van der Waals surface area contributed by atoms with Crippen molar-refractivity contribution in [1.29, 1.82) is 0 Å². The lowest BCUT2D eigenvalue weighted by Crippen LogP contribution is -2.56. The van der Waals surface area contributed by atoms with Crippen molar-refractivity contribution in [2.45, 2.75) is 59.3 Å². The van der Waals surface area contributed by atoms with Crippen LogP contribution < -0.4 is 5.32 Å². The summed E-state index contributed by atoms with van der Waals surface area (Å²) >= 11 is 0. The van der Waals surface area contributed by atoms with Crippen LogP contribution in [-0.2, 0) is 6.54 Å². The summed E-state index contributed by atoms with van der Waals surface area (Å²) < 4.78 is 2.04. The first kappa shape index (κ1) is 14.5. The largest absolute Gasteiger partial charge is 0.311 e. The van der Waals surface area contributed by atoms with Gasteiger partial charge in [-0.3, -0.25) is 9.58 Å². The number of nitrogens with zero attached hydrogens (tertiary/aromatic N) is 3. The number of piperazine rings is 1. The van der Waals surface area contributed by atoms with Crippen LogP contribution in [0.15, 0.2) is 12.3 Å². The number of hydrogen-bond donors (Lipinski definition) is 1. The Morgan fingerprint density at radius 2 is 2.11 bits per heavy atom. The van der Waals surface area contributed by atoms with Gasteiger partial charge in [-0.1, -0.05) is 13.8 Å². The van der Waals surface area contributed by atoms with Crippen LogP contribution in [0, 0.1) is 5.92 Å². The van der Waals surface area contributed by atoms with Crippen molar-refractivity contribution in [3.05, 3.63) is 18.0 Å². The molecule has 0 saturated carbocycles. The van der Waals surface area contributed by atoms with Gasteiger partial charge in [-0.05, 0) is 32.8 Å². The zero-order chi connectivity index (χ0) is 14.0. The Morgan fingerprint density at radius 3 is 2.68 bits per heavy atom. The maximum absolute atomic E-state index is 4.66. The monoisotopic (exact) mass is 264 g/mol. The van der Waals surface area contributed by atoms with E-state index in [2.05, 4.69) is 62.2 Å². The van der Waals surface area contributed by atoms with Crippen molar-refractivity contribution in [2.24, 2.45) is 5.92 Å². The topological polar surface area (TPSA) is 33.1 Å². The van der Waals surface area contributed by atoms with Crippen LogP contribution in [-0.4, -0.2) is 39.9 Å². The number of rotatable bonds is 4. The Hall–Kier alpha value is -0.870. The van der Waals surface area contributed by atoms with Crippen molar-refractivity contribution < 1.29 is 0 Å². The Bertz CT molecular complexity index is 397. The molecule has 4 nitrogen and oxygen atoms in total. The number of aromatic nitrogens is 2. The van der Waals surface area contributed by atoms with Crippen molar-refractivity contribution in [3.8, 4) is 0 Å². The van der Waals surface area contributed by atoms with E-state index in [0.717, 1.165) is 19.6 Å². The highest BCUT2D eigenvalue weighted by Crippen LogP contribution is 2.15. The normalized spacial score (nSPS) is 25.4. The summed E-state index contributed by atoms with van der Waals surface area (Å²) in [5.41, 5.74) is 1.19. The molecule has 108 valence electrons. The predicted octanol–water partition coefficient (Wildman–Crippen LogP) is 2.28. The summed E-state index contributed by atoms with van der Waals surface area (Å²) in [5.74, 6) is 0.684. The molecule has 1 N–H and O–H groups in total. The lowest BCUT2D eigenvalue weighted by molar-refractivity contribution is 0.114.